The number of amides is 2. The number of likely N-dealkylation sites (tertiary alicyclic amines) is 1. The number of carbonyl (C=O) groups is 2. The second-order valence-electron chi connectivity index (χ2n) is 5.42. The molecule has 18 heavy (non-hydrogen) atoms. The Morgan fingerprint density at radius 3 is 2.56 bits per heavy atom. The van der Waals surface area contributed by atoms with Gasteiger partial charge in [0.25, 0.3) is 0 Å². The van der Waals surface area contributed by atoms with Crippen LogP contribution in [-0.2, 0) is 9.59 Å². The van der Waals surface area contributed by atoms with Crippen molar-refractivity contribution < 1.29 is 14.7 Å². The van der Waals surface area contributed by atoms with Crippen LogP contribution in [0.3, 0.4) is 0 Å². The molecular formula is C12H21N3O3. The topological polar surface area (TPSA) is 110 Å². The van der Waals surface area contributed by atoms with Crippen LogP contribution in [0.2, 0.25) is 0 Å². The van der Waals surface area contributed by atoms with Gasteiger partial charge in [0.2, 0.25) is 11.8 Å². The maximum Gasteiger partial charge on any atom is 0.240 e. The molecule has 102 valence electrons. The van der Waals surface area contributed by atoms with E-state index in [-0.39, 0.29) is 30.8 Å². The fraction of sp³-hybridized carbons (Fsp3) is 0.833. The molecule has 1 heterocycles. The third kappa shape index (κ3) is 2.64. The summed E-state index contributed by atoms with van der Waals surface area (Å²) in [4.78, 5) is 25.1. The van der Waals surface area contributed by atoms with Crippen molar-refractivity contribution >= 4 is 11.8 Å². The third-order valence-corrected chi connectivity index (χ3v) is 3.95. The summed E-state index contributed by atoms with van der Waals surface area (Å²) in [5.41, 5.74) is 11.1. The maximum atomic E-state index is 12.4. The molecule has 0 aromatic carbocycles. The first kappa shape index (κ1) is 13.3. The van der Waals surface area contributed by atoms with Crippen molar-refractivity contribution in [3.8, 4) is 0 Å². The lowest BCUT2D eigenvalue weighted by molar-refractivity contribution is -0.141. The SMILES string of the molecule is NC(=O)C1CC(O)CN1C(=O)C1CCCC(N)C1. The second-order valence-corrected chi connectivity index (χ2v) is 5.42. The van der Waals surface area contributed by atoms with Gasteiger partial charge >= 0.3 is 0 Å². The molecule has 1 saturated carbocycles. The highest BCUT2D eigenvalue weighted by molar-refractivity contribution is 5.88. The number of β-amino-alcohol motifs (C(OH)–C–C–N with tert-alkyl or cyclic N) is 1. The number of hydrogen-bond acceptors (Lipinski definition) is 4. The first-order valence-corrected chi connectivity index (χ1v) is 6.52. The predicted molar refractivity (Wildman–Crippen MR) is 65.3 cm³/mol. The Kier molecular flexibility index (Phi) is 3.87. The van der Waals surface area contributed by atoms with Gasteiger partial charge < -0.3 is 21.5 Å². The van der Waals surface area contributed by atoms with Gasteiger partial charge in [0.15, 0.2) is 0 Å². The molecule has 0 bridgehead atoms. The summed E-state index contributed by atoms with van der Waals surface area (Å²) < 4.78 is 0. The molecule has 1 aliphatic carbocycles. The van der Waals surface area contributed by atoms with Crippen LogP contribution < -0.4 is 11.5 Å². The van der Waals surface area contributed by atoms with E-state index in [4.69, 9.17) is 11.5 Å². The lowest BCUT2D eigenvalue weighted by atomic mass is 9.85. The molecule has 0 aromatic rings. The largest absolute Gasteiger partial charge is 0.391 e. The Balaban J connectivity index is 2.05. The Morgan fingerprint density at radius 2 is 1.94 bits per heavy atom. The summed E-state index contributed by atoms with van der Waals surface area (Å²) in [7, 11) is 0. The highest BCUT2D eigenvalue weighted by Gasteiger charge is 2.40. The van der Waals surface area contributed by atoms with E-state index in [2.05, 4.69) is 0 Å². The number of nitrogens with zero attached hydrogens (tertiary/aromatic N) is 1. The van der Waals surface area contributed by atoms with Gasteiger partial charge in [-0.1, -0.05) is 6.42 Å². The summed E-state index contributed by atoms with van der Waals surface area (Å²) in [6.45, 7) is 0.207. The number of nitrogens with two attached hydrogens (primary N) is 2. The summed E-state index contributed by atoms with van der Waals surface area (Å²) in [5.74, 6) is -0.744. The molecule has 0 aromatic heterocycles. The number of primary amides is 1. The van der Waals surface area contributed by atoms with Crippen LogP contribution in [0.4, 0.5) is 0 Å². The maximum absolute atomic E-state index is 12.4. The normalized spacial score (nSPS) is 36.7. The van der Waals surface area contributed by atoms with E-state index in [1.54, 1.807) is 0 Å². The van der Waals surface area contributed by atoms with Crippen LogP contribution in [0, 0.1) is 5.92 Å². The molecule has 4 unspecified atom stereocenters. The number of hydrogen-bond donors (Lipinski definition) is 3. The zero-order valence-corrected chi connectivity index (χ0v) is 10.4. The van der Waals surface area contributed by atoms with Crippen LogP contribution in [0.5, 0.6) is 0 Å². The van der Waals surface area contributed by atoms with E-state index in [0.29, 0.717) is 6.42 Å². The molecule has 5 N–H and O–H groups in total. The van der Waals surface area contributed by atoms with Crippen molar-refractivity contribution in [1.29, 1.82) is 0 Å². The first-order valence-electron chi connectivity index (χ1n) is 6.52. The molecule has 2 amide bonds. The van der Waals surface area contributed by atoms with E-state index in [0.717, 1.165) is 19.3 Å². The van der Waals surface area contributed by atoms with Crippen molar-refractivity contribution in [1.82, 2.24) is 4.90 Å². The lowest BCUT2D eigenvalue weighted by Gasteiger charge is -2.31. The Hall–Kier alpha value is -1.14. The van der Waals surface area contributed by atoms with Crippen LogP contribution in [0.15, 0.2) is 0 Å². The first-order chi connectivity index (χ1) is 8.49. The molecule has 6 nitrogen and oxygen atoms in total. The molecule has 6 heteroatoms. The number of rotatable bonds is 2. The van der Waals surface area contributed by atoms with Gasteiger partial charge in [0.1, 0.15) is 6.04 Å². The van der Waals surface area contributed by atoms with E-state index in [1.807, 2.05) is 0 Å². The van der Waals surface area contributed by atoms with Crippen LogP contribution in [0.1, 0.15) is 32.1 Å². The zero-order chi connectivity index (χ0) is 13.3. The molecule has 0 radical (unpaired) electrons. The molecule has 4 atom stereocenters. The van der Waals surface area contributed by atoms with Gasteiger partial charge in [-0.2, -0.15) is 0 Å². The molecule has 2 aliphatic rings. The highest BCUT2D eigenvalue weighted by atomic mass is 16.3. The monoisotopic (exact) mass is 255 g/mol. The van der Waals surface area contributed by atoms with Crippen molar-refractivity contribution in [3.05, 3.63) is 0 Å². The summed E-state index contributed by atoms with van der Waals surface area (Å²) in [6, 6.07) is -0.599. The molecule has 1 aliphatic heterocycles. The molecule has 2 fully saturated rings. The number of aliphatic hydroxyl groups excluding tert-OH is 1. The molecular weight excluding hydrogens is 234 g/mol. The van der Waals surface area contributed by atoms with Crippen LogP contribution in [-0.4, -0.2) is 46.6 Å². The average molecular weight is 255 g/mol. The van der Waals surface area contributed by atoms with Gasteiger partial charge in [0.05, 0.1) is 6.10 Å². The molecule has 1 saturated heterocycles. The van der Waals surface area contributed by atoms with E-state index < -0.39 is 18.1 Å². The van der Waals surface area contributed by atoms with Crippen LogP contribution >= 0.6 is 0 Å². The Labute approximate surface area is 106 Å². The van der Waals surface area contributed by atoms with Crippen LogP contribution in [0.25, 0.3) is 0 Å². The molecule has 0 spiro atoms. The Morgan fingerprint density at radius 1 is 1.22 bits per heavy atom. The zero-order valence-electron chi connectivity index (χ0n) is 10.4. The van der Waals surface area contributed by atoms with E-state index in [9.17, 15) is 14.7 Å². The van der Waals surface area contributed by atoms with Gasteiger partial charge in [-0.25, -0.2) is 0 Å². The number of carbonyl (C=O) groups excluding carboxylic acids is 2. The minimum Gasteiger partial charge on any atom is -0.391 e. The van der Waals surface area contributed by atoms with E-state index >= 15 is 0 Å². The van der Waals surface area contributed by atoms with Crippen molar-refractivity contribution in [2.24, 2.45) is 17.4 Å². The highest BCUT2D eigenvalue weighted by Crippen LogP contribution is 2.28. The fourth-order valence-corrected chi connectivity index (χ4v) is 3.01. The predicted octanol–water partition coefficient (Wildman–Crippen LogP) is -1.05. The standard InChI is InChI=1S/C12H21N3O3/c13-8-3-1-2-7(4-8)12(18)15-6-9(16)5-10(15)11(14)17/h7-10,16H,1-6,13H2,(H2,14,17). The molecule has 2 rings (SSSR count). The third-order valence-electron chi connectivity index (χ3n) is 3.95. The quantitative estimate of drug-likeness (QED) is 0.585. The van der Waals surface area contributed by atoms with E-state index in [1.165, 1.54) is 4.90 Å². The summed E-state index contributed by atoms with van der Waals surface area (Å²) >= 11 is 0. The number of aliphatic hydroxyl groups is 1. The Bertz CT molecular complexity index is 347. The minimum atomic E-state index is -0.661. The van der Waals surface area contributed by atoms with Crippen molar-refractivity contribution in [2.45, 2.75) is 50.3 Å². The summed E-state index contributed by atoms with van der Waals surface area (Å²) in [6.07, 6.45) is 2.96. The van der Waals surface area contributed by atoms with Gasteiger partial charge in [-0.05, 0) is 19.3 Å². The lowest BCUT2D eigenvalue weighted by Crippen LogP contribution is -2.47. The van der Waals surface area contributed by atoms with Crippen molar-refractivity contribution in [2.75, 3.05) is 6.54 Å². The van der Waals surface area contributed by atoms with Gasteiger partial charge in [0, 0.05) is 24.9 Å². The van der Waals surface area contributed by atoms with Gasteiger partial charge in [-0.3, -0.25) is 9.59 Å². The smallest absolute Gasteiger partial charge is 0.240 e. The fourth-order valence-electron chi connectivity index (χ4n) is 3.01. The summed E-state index contributed by atoms with van der Waals surface area (Å²) in [5, 5.41) is 9.59. The minimum absolute atomic E-state index is 0.0623. The van der Waals surface area contributed by atoms with Gasteiger partial charge in [-0.15, -0.1) is 0 Å². The second kappa shape index (κ2) is 5.24. The average Bonchev–Trinajstić information content (AvgIpc) is 2.70. The van der Waals surface area contributed by atoms with Crippen molar-refractivity contribution in [3.63, 3.8) is 0 Å².